The van der Waals surface area contributed by atoms with Crippen LogP contribution in [0.4, 0.5) is 0 Å². The van der Waals surface area contributed by atoms with E-state index in [1.807, 2.05) is 31.2 Å². The molecule has 0 amide bonds. The van der Waals surface area contributed by atoms with Crippen LogP contribution in [0.3, 0.4) is 0 Å². The smallest absolute Gasteiger partial charge is 0.119 e. The Morgan fingerprint density at radius 2 is 1.85 bits per heavy atom. The highest BCUT2D eigenvalue weighted by Gasteiger charge is 2.26. The van der Waals surface area contributed by atoms with Gasteiger partial charge in [0.25, 0.3) is 0 Å². The molecule has 1 aliphatic carbocycles. The number of ether oxygens (including phenoxy) is 1. The Morgan fingerprint density at radius 1 is 1.20 bits per heavy atom. The molecule has 1 fully saturated rings. The van der Waals surface area contributed by atoms with Crippen LogP contribution >= 0.6 is 0 Å². The minimum absolute atomic E-state index is 0.198. The molecule has 3 nitrogen and oxygen atoms in total. The van der Waals surface area contributed by atoms with Crippen LogP contribution in [0.25, 0.3) is 0 Å². The number of β-amino-alcohol motifs (C(OH)–C–C–N with tert-alkyl or cyclic N) is 1. The van der Waals surface area contributed by atoms with E-state index in [1.165, 1.54) is 37.7 Å². The lowest BCUT2D eigenvalue weighted by Gasteiger charge is -2.35. The highest BCUT2D eigenvalue weighted by molar-refractivity contribution is 5.26. The Bertz CT molecular complexity index is 396. The topological polar surface area (TPSA) is 41.5 Å². The molecule has 0 aromatic heterocycles. The Kier molecular flexibility index (Phi) is 5.44. The molecule has 1 aromatic rings. The highest BCUT2D eigenvalue weighted by atomic mass is 16.5. The average molecular weight is 277 g/mol. The van der Waals surface area contributed by atoms with Gasteiger partial charge in [0, 0.05) is 12.1 Å². The van der Waals surface area contributed by atoms with Crippen molar-refractivity contribution < 1.29 is 9.84 Å². The van der Waals surface area contributed by atoms with Gasteiger partial charge >= 0.3 is 0 Å². The van der Waals surface area contributed by atoms with Gasteiger partial charge in [-0.3, -0.25) is 0 Å². The minimum atomic E-state index is -0.463. The number of aliphatic hydroxyl groups is 1. The lowest BCUT2D eigenvalue weighted by Crippen LogP contribution is -2.48. The maximum absolute atomic E-state index is 10.0. The molecule has 2 N–H and O–H groups in total. The van der Waals surface area contributed by atoms with Gasteiger partial charge in [0.1, 0.15) is 18.5 Å². The first kappa shape index (κ1) is 15.3. The van der Waals surface area contributed by atoms with Crippen LogP contribution in [0.5, 0.6) is 5.75 Å². The molecule has 112 valence electrons. The van der Waals surface area contributed by atoms with E-state index in [4.69, 9.17) is 4.74 Å². The first-order valence-electron chi connectivity index (χ1n) is 7.70. The zero-order chi connectivity index (χ0) is 14.4. The molecule has 0 saturated heterocycles. The summed E-state index contributed by atoms with van der Waals surface area (Å²) in [6.07, 6.45) is 5.88. The minimum Gasteiger partial charge on any atom is -0.491 e. The maximum atomic E-state index is 10.0. The third-order valence-electron chi connectivity index (χ3n) is 4.18. The molecule has 0 bridgehead atoms. The van der Waals surface area contributed by atoms with Crippen molar-refractivity contribution >= 4 is 0 Å². The van der Waals surface area contributed by atoms with Gasteiger partial charge in [-0.15, -0.1) is 0 Å². The van der Waals surface area contributed by atoms with E-state index in [1.54, 1.807) is 0 Å². The molecule has 1 saturated carbocycles. The summed E-state index contributed by atoms with van der Waals surface area (Å²) in [7, 11) is 0. The Hall–Kier alpha value is -1.06. The van der Waals surface area contributed by atoms with Gasteiger partial charge in [-0.25, -0.2) is 0 Å². The number of hydrogen-bond acceptors (Lipinski definition) is 3. The van der Waals surface area contributed by atoms with Gasteiger partial charge in [0.05, 0.1) is 0 Å². The van der Waals surface area contributed by atoms with Crippen LogP contribution in [-0.4, -0.2) is 29.9 Å². The molecule has 2 rings (SSSR count). The fourth-order valence-electron chi connectivity index (χ4n) is 2.76. The second kappa shape index (κ2) is 7.09. The van der Waals surface area contributed by atoms with Crippen molar-refractivity contribution in [2.24, 2.45) is 0 Å². The standard InChI is InChI=1S/C17H27NO2/c1-14-6-8-16(9-7-14)20-13-15(19)12-18-17(2)10-4-3-5-11-17/h6-9,15,18-19H,3-5,10-13H2,1-2H3. The Morgan fingerprint density at radius 3 is 2.50 bits per heavy atom. The monoisotopic (exact) mass is 277 g/mol. The van der Waals surface area contributed by atoms with Crippen LogP contribution < -0.4 is 10.1 Å². The molecule has 1 atom stereocenters. The summed E-state index contributed by atoms with van der Waals surface area (Å²) in [4.78, 5) is 0. The second-order valence-electron chi connectivity index (χ2n) is 6.28. The Labute approximate surface area is 122 Å². The fraction of sp³-hybridized carbons (Fsp3) is 0.647. The quantitative estimate of drug-likeness (QED) is 0.839. The van der Waals surface area contributed by atoms with E-state index in [2.05, 4.69) is 12.2 Å². The summed E-state index contributed by atoms with van der Waals surface area (Å²) in [5.41, 5.74) is 1.41. The van der Waals surface area contributed by atoms with Crippen molar-refractivity contribution in [1.29, 1.82) is 0 Å². The third-order valence-corrected chi connectivity index (χ3v) is 4.18. The molecule has 1 aromatic carbocycles. The summed E-state index contributed by atoms with van der Waals surface area (Å²) >= 11 is 0. The first-order valence-corrected chi connectivity index (χ1v) is 7.70. The molecule has 0 aliphatic heterocycles. The van der Waals surface area contributed by atoms with Gasteiger partial charge in [-0.05, 0) is 38.8 Å². The van der Waals surface area contributed by atoms with E-state index in [0.717, 1.165) is 5.75 Å². The van der Waals surface area contributed by atoms with Gasteiger partial charge in [0.2, 0.25) is 0 Å². The van der Waals surface area contributed by atoms with E-state index in [-0.39, 0.29) is 5.54 Å². The van der Waals surface area contributed by atoms with Crippen LogP contribution in [0.15, 0.2) is 24.3 Å². The van der Waals surface area contributed by atoms with Crippen molar-refractivity contribution in [3.63, 3.8) is 0 Å². The predicted molar refractivity (Wildman–Crippen MR) is 82.2 cm³/mol. The van der Waals surface area contributed by atoms with Crippen LogP contribution in [0.2, 0.25) is 0 Å². The fourth-order valence-corrected chi connectivity index (χ4v) is 2.76. The number of rotatable bonds is 6. The summed E-state index contributed by atoms with van der Waals surface area (Å²) < 4.78 is 5.61. The molecule has 1 unspecified atom stereocenters. The van der Waals surface area contributed by atoms with Crippen molar-refractivity contribution in [3.05, 3.63) is 29.8 Å². The molecular weight excluding hydrogens is 250 g/mol. The van der Waals surface area contributed by atoms with Crippen molar-refractivity contribution in [3.8, 4) is 5.75 Å². The Balaban J connectivity index is 1.69. The largest absolute Gasteiger partial charge is 0.491 e. The van der Waals surface area contributed by atoms with Crippen LogP contribution in [-0.2, 0) is 0 Å². The van der Waals surface area contributed by atoms with E-state index >= 15 is 0 Å². The number of aryl methyl sites for hydroxylation is 1. The molecule has 0 radical (unpaired) electrons. The molecule has 20 heavy (non-hydrogen) atoms. The normalized spacial score (nSPS) is 19.6. The summed E-state index contributed by atoms with van der Waals surface area (Å²) in [6.45, 7) is 5.25. The SMILES string of the molecule is Cc1ccc(OCC(O)CNC2(C)CCCCC2)cc1. The number of nitrogens with one attached hydrogen (secondary N) is 1. The first-order chi connectivity index (χ1) is 9.57. The average Bonchev–Trinajstić information content (AvgIpc) is 2.45. The van der Waals surface area contributed by atoms with E-state index in [9.17, 15) is 5.11 Å². The van der Waals surface area contributed by atoms with E-state index < -0.39 is 6.10 Å². The van der Waals surface area contributed by atoms with Crippen LogP contribution in [0, 0.1) is 6.92 Å². The third kappa shape index (κ3) is 4.80. The van der Waals surface area contributed by atoms with Gasteiger partial charge in [-0.1, -0.05) is 37.0 Å². The number of aliphatic hydroxyl groups excluding tert-OH is 1. The van der Waals surface area contributed by atoms with E-state index in [0.29, 0.717) is 13.2 Å². The molecule has 3 heteroatoms. The molecule has 0 heterocycles. The number of benzene rings is 1. The van der Waals surface area contributed by atoms with Gasteiger partial charge in [0.15, 0.2) is 0 Å². The summed E-state index contributed by atoms with van der Waals surface area (Å²) in [6, 6.07) is 7.92. The van der Waals surface area contributed by atoms with Gasteiger partial charge < -0.3 is 15.2 Å². The predicted octanol–water partition coefficient (Wildman–Crippen LogP) is 3.05. The van der Waals surface area contributed by atoms with Gasteiger partial charge in [-0.2, -0.15) is 0 Å². The maximum Gasteiger partial charge on any atom is 0.119 e. The number of hydrogen-bond donors (Lipinski definition) is 2. The molecule has 1 aliphatic rings. The lowest BCUT2D eigenvalue weighted by atomic mass is 9.83. The van der Waals surface area contributed by atoms with Crippen molar-refractivity contribution in [1.82, 2.24) is 5.32 Å². The summed E-state index contributed by atoms with van der Waals surface area (Å²) in [5, 5.41) is 13.5. The zero-order valence-electron chi connectivity index (χ0n) is 12.7. The molecule has 0 spiro atoms. The highest BCUT2D eigenvalue weighted by Crippen LogP contribution is 2.27. The van der Waals surface area contributed by atoms with Crippen LogP contribution in [0.1, 0.15) is 44.6 Å². The second-order valence-corrected chi connectivity index (χ2v) is 6.28. The molecular formula is C17H27NO2. The summed E-state index contributed by atoms with van der Waals surface area (Å²) in [5.74, 6) is 0.818. The zero-order valence-corrected chi connectivity index (χ0v) is 12.7. The lowest BCUT2D eigenvalue weighted by molar-refractivity contribution is 0.0930. The van der Waals surface area contributed by atoms with Crippen molar-refractivity contribution in [2.75, 3.05) is 13.2 Å². The van der Waals surface area contributed by atoms with Crippen molar-refractivity contribution in [2.45, 2.75) is 57.6 Å².